The molecule has 2 heterocycles. The number of aromatic nitrogens is 3. The molecule has 0 radical (unpaired) electrons. The Balaban J connectivity index is 1.72. The first-order chi connectivity index (χ1) is 17.3. The van der Waals surface area contributed by atoms with Crippen molar-refractivity contribution in [1.82, 2.24) is 19.9 Å². The van der Waals surface area contributed by atoms with Gasteiger partial charge in [0, 0.05) is 13.1 Å². The highest BCUT2D eigenvalue weighted by Gasteiger charge is 2.26. The first-order valence-electron chi connectivity index (χ1n) is 11.7. The lowest BCUT2D eigenvalue weighted by atomic mass is 10.1. The molecule has 1 aromatic carbocycles. The molecule has 200 valence electrons. The average molecular weight is 533 g/mol. The number of benzene rings is 1. The Kier molecular flexibility index (Phi) is 8.49. The molecule has 11 nitrogen and oxygen atoms in total. The number of amides is 2. The SMILES string of the molecule is COc1ccc(COC(C)[C@H](C)NC(=O)c2cnn3c(N(C)C(=O)OC(C)(C)C)cc(Cl)nc23)cc1N. The van der Waals surface area contributed by atoms with Crippen LogP contribution in [0.3, 0.4) is 0 Å². The molecule has 3 aromatic rings. The molecule has 0 spiro atoms. The Labute approximate surface area is 220 Å². The number of halogens is 1. The van der Waals surface area contributed by atoms with Crippen LogP contribution in [-0.2, 0) is 16.1 Å². The maximum absolute atomic E-state index is 13.1. The smallest absolute Gasteiger partial charge is 0.415 e. The van der Waals surface area contributed by atoms with Crippen LogP contribution < -0.4 is 20.7 Å². The summed E-state index contributed by atoms with van der Waals surface area (Å²) >= 11 is 6.23. The largest absolute Gasteiger partial charge is 0.495 e. The molecule has 3 N–H and O–H groups in total. The van der Waals surface area contributed by atoms with E-state index < -0.39 is 17.6 Å². The van der Waals surface area contributed by atoms with Gasteiger partial charge in [-0.05, 0) is 52.3 Å². The van der Waals surface area contributed by atoms with Crippen LogP contribution in [-0.4, -0.2) is 58.5 Å². The summed E-state index contributed by atoms with van der Waals surface area (Å²) in [6.45, 7) is 9.30. The summed E-state index contributed by atoms with van der Waals surface area (Å²) in [5, 5.41) is 7.27. The number of carbonyl (C=O) groups excluding carboxylic acids is 2. The molecule has 12 heteroatoms. The number of nitrogens with two attached hydrogens (primary N) is 1. The molecular weight excluding hydrogens is 500 g/mol. The van der Waals surface area contributed by atoms with Crippen LogP contribution in [0.15, 0.2) is 30.5 Å². The molecule has 3 rings (SSSR count). The Bertz CT molecular complexity index is 1290. The standard InChI is InChI=1S/C25H33ClN6O5/c1-14(15(2)36-13-16-8-9-19(35-7)18(27)10-16)29-23(33)17-12-28-32-21(11-20(26)30-22(17)32)31(6)24(34)37-25(3,4)5/h8-12,14-15H,13,27H2,1-7H3,(H,29,33)/t14-,15?/m0/s1. The van der Waals surface area contributed by atoms with E-state index in [1.54, 1.807) is 40.0 Å². The van der Waals surface area contributed by atoms with Crippen LogP contribution in [0.5, 0.6) is 5.75 Å². The first kappa shape index (κ1) is 28.0. The summed E-state index contributed by atoms with van der Waals surface area (Å²) in [5.74, 6) is 0.485. The van der Waals surface area contributed by atoms with Crippen molar-refractivity contribution in [3.05, 3.63) is 46.7 Å². The summed E-state index contributed by atoms with van der Waals surface area (Å²) in [4.78, 5) is 31.2. The van der Waals surface area contributed by atoms with E-state index in [1.807, 2.05) is 19.9 Å². The highest BCUT2D eigenvalue weighted by Crippen LogP contribution is 2.24. The lowest BCUT2D eigenvalue weighted by molar-refractivity contribution is 0.0303. The minimum absolute atomic E-state index is 0.0935. The lowest BCUT2D eigenvalue weighted by Crippen LogP contribution is -2.41. The first-order valence-corrected chi connectivity index (χ1v) is 12.0. The van der Waals surface area contributed by atoms with E-state index in [2.05, 4.69) is 15.4 Å². The number of carbonyl (C=O) groups is 2. The van der Waals surface area contributed by atoms with E-state index >= 15 is 0 Å². The molecule has 0 aliphatic heterocycles. The third kappa shape index (κ3) is 6.80. The van der Waals surface area contributed by atoms with Gasteiger partial charge < -0.3 is 25.3 Å². The highest BCUT2D eigenvalue weighted by molar-refractivity contribution is 6.30. The zero-order valence-corrected chi connectivity index (χ0v) is 22.8. The van der Waals surface area contributed by atoms with Crippen LogP contribution in [0.2, 0.25) is 5.15 Å². The second-order valence-electron chi connectivity index (χ2n) is 9.62. The van der Waals surface area contributed by atoms with Crippen LogP contribution in [0, 0.1) is 0 Å². The third-order valence-electron chi connectivity index (χ3n) is 5.55. The highest BCUT2D eigenvalue weighted by atomic mass is 35.5. The molecule has 1 unspecified atom stereocenters. The van der Waals surface area contributed by atoms with Gasteiger partial charge in [-0.2, -0.15) is 9.61 Å². The Morgan fingerprint density at radius 3 is 2.57 bits per heavy atom. The number of hydrogen-bond donors (Lipinski definition) is 2. The zero-order chi connectivity index (χ0) is 27.5. The molecule has 0 aliphatic rings. The Morgan fingerprint density at radius 1 is 1.24 bits per heavy atom. The normalized spacial score (nSPS) is 13.2. The number of fused-ring (bicyclic) bond motifs is 1. The fraction of sp³-hybridized carbons (Fsp3) is 0.440. The van der Waals surface area contributed by atoms with E-state index in [0.717, 1.165) is 5.56 Å². The van der Waals surface area contributed by atoms with E-state index in [4.69, 9.17) is 31.5 Å². The lowest BCUT2D eigenvalue weighted by Gasteiger charge is -2.24. The number of nitrogens with zero attached hydrogens (tertiary/aromatic N) is 4. The fourth-order valence-corrected chi connectivity index (χ4v) is 3.57. The molecule has 2 aromatic heterocycles. The van der Waals surface area contributed by atoms with Gasteiger partial charge in [0.05, 0.1) is 37.7 Å². The summed E-state index contributed by atoms with van der Waals surface area (Å²) in [7, 11) is 3.08. The predicted octanol–water partition coefficient (Wildman–Crippen LogP) is 4.07. The van der Waals surface area contributed by atoms with Gasteiger partial charge in [0.15, 0.2) is 5.65 Å². The van der Waals surface area contributed by atoms with Crippen molar-refractivity contribution in [2.24, 2.45) is 0 Å². The Morgan fingerprint density at radius 2 is 1.95 bits per heavy atom. The number of ether oxygens (including phenoxy) is 3. The molecule has 0 bridgehead atoms. The molecular formula is C25H33ClN6O5. The molecule has 0 fully saturated rings. The van der Waals surface area contributed by atoms with Gasteiger partial charge in [-0.15, -0.1) is 0 Å². The van der Waals surface area contributed by atoms with Gasteiger partial charge in [-0.1, -0.05) is 17.7 Å². The third-order valence-corrected chi connectivity index (χ3v) is 5.74. The zero-order valence-electron chi connectivity index (χ0n) is 22.0. The van der Waals surface area contributed by atoms with E-state index in [0.29, 0.717) is 23.9 Å². The van der Waals surface area contributed by atoms with Crippen molar-refractivity contribution >= 4 is 40.8 Å². The summed E-state index contributed by atoms with van der Waals surface area (Å²) in [5.41, 5.74) is 7.07. The van der Waals surface area contributed by atoms with Crippen LogP contribution >= 0.6 is 11.6 Å². The van der Waals surface area contributed by atoms with Gasteiger partial charge >= 0.3 is 6.09 Å². The van der Waals surface area contributed by atoms with Gasteiger partial charge in [0.2, 0.25) is 0 Å². The number of nitrogens with one attached hydrogen (secondary N) is 1. The van der Waals surface area contributed by atoms with E-state index in [-0.39, 0.29) is 28.5 Å². The van der Waals surface area contributed by atoms with Crippen molar-refractivity contribution in [2.75, 3.05) is 24.8 Å². The fourth-order valence-electron chi connectivity index (χ4n) is 3.39. The molecule has 0 saturated carbocycles. The predicted molar refractivity (Wildman–Crippen MR) is 141 cm³/mol. The van der Waals surface area contributed by atoms with Crippen molar-refractivity contribution in [3.63, 3.8) is 0 Å². The topological polar surface area (TPSA) is 133 Å². The van der Waals surface area contributed by atoms with Crippen LogP contribution in [0.4, 0.5) is 16.3 Å². The minimum Gasteiger partial charge on any atom is -0.495 e. The molecule has 2 atom stereocenters. The molecule has 0 aliphatic carbocycles. The van der Waals surface area contributed by atoms with Gasteiger partial charge in [-0.3, -0.25) is 9.69 Å². The maximum atomic E-state index is 13.1. The summed E-state index contributed by atoms with van der Waals surface area (Å²) in [6.07, 6.45) is 0.453. The van der Waals surface area contributed by atoms with E-state index in [1.165, 1.54) is 28.7 Å². The number of hydrogen-bond acceptors (Lipinski definition) is 8. The van der Waals surface area contributed by atoms with Crippen molar-refractivity contribution in [3.8, 4) is 5.75 Å². The second kappa shape index (κ2) is 11.2. The van der Waals surface area contributed by atoms with Crippen LogP contribution in [0.1, 0.15) is 50.5 Å². The molecule has 0 saturated heterocycles. The van der Waals surface area contributed by atoms with E-state index in [9.17, 15) is 9.59 Å². The number of nitrogen functional groups attached to an aromatic ring is 1. The van der Waals surface area contributed by atoms with Gasteiger partial charge in [0.25, 0.3) is 5.91 Å². The van der Waals surface area contributed by atoms with Crippen molar-refractivity contribution in [1.29, 1.82) is 0 Å². The number of anilines is 2. The minimum atomic E-state index is -0.689. The average Bonchev–Trinajstić information content (AvgIpc) is 3.24. The Hall–Kier alpha value is -3.57. The summed E-state index contributed by atoms with van der Waals surface area (Å²) in [6, 6.07) is 6.56. The maximum Gasteiger partial charge on any atom is 0.415 e. The van der Waals surface area contributed by atoms with Crippen molar-refractivity contribution < 1.29 is 23.8 Å². The van der Waals surface area contributed by atoms with Crippen LogP contribution in [0.25, 0.3) is 5.65 Å². The monoisotopic (exact) mass is 532 g/mol. The molecule has 2 amide bonds. The van der Waals surface area contributed by atoms with Gasteiger partial charge in [-0.25, -0.2) is 9.78 Å². The summed E-state index contributed by atoms with van der Waals surface area (Å²) < 4.78 is 17.9. The van der Waals surface area contributed by atoms with Gasteiger partial charge in [0.1, 0.15) is 27.9 Å². The number of methoxy groups -OCH3 is 1. The number of rotatable bonds is 8. The molecule has 37 heavy (non-hydrogen) atoms. The second-order valence-corrected chi connectivity index (χ2v) is 10.0. The quantitative estimate of drug-likeness (QED) is 0.327. The van der Waals surface area contributed by atoms with Crippen molar-refractivity contribution in [2.45, 2.75) is 59.0 Å².